The molecule has 0 saturated heterocycles. The van der Waals surface area contributed by atoms with Gasteiger partial charge in [0, 0.05) is 0 Å². The van der Waals surface area contributed by atoms with E-state index in [0.717, 1.165) is 125 Å². The molecule has 500 valence electrons. The molecule has 12 aromatic rings. The van der Waals surface area contributed by atoms with Crippen LogP contribution in [0.4, 0.5) is 52.7 Å². The summed E-state index contributed by atoms with van der Waals surface area (Å²) in [6.45, 7) is 8.62. The Morgan fingerprint density at radius 3 is 0.541 bits per heavy atom. The van der Waals surface area contributed by atoms with Gasteiger partial charge in [0.2, 0.25) is 0 Å². The molecule has 12 rings (SSSR count). The fourth-order valence-electron chi connectivity index (χ4n) is 11.1. The van der Waals surface area contributed by atoms with Crippen molar-refractivity contribution in [2.45, 2.75) is 91.9 Å². The molecule has 0 bridgehead atoms. The number of aryl methyl sites for hydroxylation is 4. The molecule has 0 N–H and O–H groups in total. The van der Waals surface area contributed by atoms with Crippen LogP contribution in [0, 0.1) is 69.8 Å². The van der Waals surface area contributed by atoms with E-state index >= 15 is 0 Å². The number of unbranched alkanes of at least 4 members (excludes halogenated alkanes) is 3. The van der Waals surface area contributed by atoms with Crippen LogP contribution in [0.3, 0.4) is 0 Å². The van der Waals surface area contributed by atoms with E-state index in [9.17, 15) is 52.7 Å². The first-order chi connectivity index (χ1) is 47.3. The number of hydrogen-bond donors (Lipinski definition) is 0. The van der Waals surface area contributed by atoms with Crippen LogP contribution < -0.4 is 0 Å². The Morgan fingerprint density at radius 2 is 0.347 bits per heavy atom. The Kier molecular flexibility index (Phi) is 25.5. The molecule has 12 heteroatoms. The lowest BCUT2D eigenvalue weighted by Crippen LogP contribution is -1.91. The van der Waals surface area contributed by atoms with Gasteiger partial charge in [0.1, 0.15) is 0 Å². The molecule has 0 aliphatic rings. The molecule has 0 amide bonds. The van der Waals surface area contributed by atoms with Crippen LogP contribution in [0.15, 0.2) is 243 Å². The first-order valence-electron chi connectivity index (χ1n) is 32.7. The lowest BCUT2D eigenvalue weighted by atomic mass is 9.98. The molecule has 0 saturated carbocycles. The fraction of sp³-hybridized carbons (Fsp3) is 0.163. The first-order valence-corrected chi connectivity index (χ1v) is 32.7. The van der Waals surface area contributed by atoms with Crippen LogP contribution >= 0.6 is 0 Å². The predicted octanol–water partition coefficient (Wildman–Crippen LogP) is 26.3. The summed E-state index contributed by atoms with van der Waals surface area (Å²) in [6, 6.07) is 71.0. The van der Waals surface area contributed by atoms with Crippen LogP contribution in [0.25, 0.3) is 89.0 Å². The minimum Gasteiger partial charge on any atom is -0.204 e. The number of halogens is 12. The number of benzene rings is 12. The van der Waals surface area contributed by atoms with E-state index in [-0.39, 0.29) is 0 Å². The summed E-state index contributed by atoms with van der Waals surface area (Å²) >= 11 is 0. The summed E-state index contributed by atoms with van der Waals surface area (Å²) in [6.07, 6.45) is 11.3. The maximum absolute atomic E-state index is 13.4. The molecule has 0 atom stereocenters. The third-order valence-electron chi connectivity index (χ3n) is 16.8. The molecule has 0 aliphatic heterocycles. The Labute approximate surface area is 565 Å². The average molecular weight is 1330 g/mol. The van der Waals surface area contributed by atoms with Gasteiger partial charge in [-0.05, 0) is 198 Å². The quantitative estimate of drug-likeness (QED) is 0.0456. The van der Waals surface area contributed by atoms with E-state index in [1.807, 2.05) is 60.7 Å². The summed E-state index contributed by atoms with van der Waals surface area (Å²) in [7, 11) is 0. The van der Waals surface area contributed by atoms with Gasteiger partial charge in [-0.3, -0.25) is 0 Å². The highest BCUT2D eigenvalue weighted by atomic mass is 19.2. The predicted molar refractivity (Wildman–Crippen MR) is 374 cm³/mol. The first kappa shape index (κ1) is 72.1. The molecule has 0 nitrogen and oxygen atoms in total. The standard InChI is InChI=1S/C23H21F3.C22H19F3.C21H17F3.C20H15F3/c1-2-3-4-5-16-6-8-17(9-7-16)18-10-12-19(13-11-18)20-14-21(24)23(26)22(25)15-20;1-2-3-4-15-5-7-16(8-6-15)17-9-11-18(12-10-17)19-13-20(23)22(25)21(24)14-19;1-2-3-14-4-6-15(7-5-14)16-8-10-17(11-9-16)18-12-19(22)21(24)20(23)13-18;1-2-13-3-5-14(6-4-13)15-7-9-16(10-8-15)17-11-18(21)20(23)19(22)12-17/h6-15H,2-5H2,1H3;5-14H,2-4H2,1H3;4-13H,2-3H2,1H3;3-12H,2H2,1H3. The minimum absolute atomic E-state index is 0.314. The second kappa shape index (κ2) is 34.6. The van der Waals surface area contributed by atoms with Gasteiger partial charge in [0.05, 0.1) is 0 Å². The van der Waals surface area contributed by atoms with Gasteiger partial charge >= 0.3 is 0 Å². The topological polar surface area (TPSA) is 0 Å². The third kappa shape index (κ3) is 19.1. The second-order valence-electron chi connectivity index (χ2n) is 23.8. The third-order valence-corrected chi connectivity index (χ3v) is 16.8. The van der Waals surface area contributed by atoms with E-state index in [1.54, 1.807) is 48.5 Å². The van der Waals surface area contributed by atoms with Gasteiger partial charge in [-0.1, -0.05) is 248 Å². The molecular weight excluding hydrogens is 1260 g/mol. The van der Waals surface area contributed by atoms with E-state index in [2.05, 4.69) is 113 Å². The van der Waals surface area contributed by atoms with Crippen molar-refractivity contribution in [2.75, 3.05) is 0 Å². The Bertz CT molecular complexity index is 4450. The molecule has 0 unspecified atom stereocenters. The highest BCUT2D eigenvalue weighted by Gasteiger charge is 2.16. The van der Waals surface area contributed by atoms with Gasteiger partial charge < -0.3 is 0 Å². The van der Waals surface area contributed by atoms with Crippen molar-refractivity contribution in [3.05, 3.63) is 335 Å². The van der Waals surface area contributed by atoms with Gasteiger partial charge in [-0.15, -0.1) is 0 Å². The summed E-state index contributed by atoms with van der Waals surface area (Å²) in [4.78, 5) is 0. The van der Waals surface area contributed by atoms with Crippen LogP contribution in [0.2, 0.25) is 0 Å². The van der Waals surface area contributed by atoms with Gasteiger partial charge in [-0.2, -0.15) is 0 Å². The maximum atomic E-state index is 13.4. The largest absolute Gasteiger partial charge is 0.204 e. The second-order valence-corrected chi connectivity index (χ2v) is 23.8. The van der Waals surface area contributed by atoms with Gasteiger partial charge in [0.15, 0.2) is 69.8 Å². The van der Waals surface area contributed by atoms with Crippen molar-refractivity contribution in [3.63, 3.8) is 0 Å². The Hall–Kier alpha value is -10.2. The van der Waals surface area contributed by atoms with Crippen molar-refractivity contribution >= 4 is 0 Å². The molecule has 0 aliphatic carbocycles. The van der Waals surface area contributed by atoms with Crippen molar-refractivity contribution in [3.8, 4) is 89.0 Å². The Balaban J connectivity index is 0.000000153. The lowest BCUT2D eigenvalue weighted by Gasteiger charge is -2.07. The van der Waals surface area contributed by atoms with E-state index in [0.29, 0.717) is 44.5 Å². The molecule has 0 aromatic heterocycles. The molecule has 0 heterocycles. The van der Waals surface area contributed by atoms with Gasteiger partial charge in [0.25, 0.3) is 0 Å². The highest BCUT2D eigenvalue weighted by molar-refractivity contribution is 5.75. The average Bonchev–Trinajstić information content (AvgIpc) is 0.853. The molecule has 0 spiro atoms. The molecule has 0 radical (unpaired) electrons. The maximum Gasteiger partial charge on any atom is 0.194 e. The van der Waals surface area contributed by atoms with Crippen molar-refractivity contribution in [2.24, 2.45) is 0 Å². The smallest absolute Gasteiger partial charge is 0.194 e. The van der Waals surface area contributed by atoms with E-state index in [1.165, 1.54) is 54.4 Å². The summed E-state index contributed by atoms with van der Waals surface area (Å²) in [5.41, 5.74) is 17.4. The van der Waals surface area contributed by atoms with Crippen molar-refractivity contribution in [1.82, 2.24) is 0 Å². The molecular formula is C86H72F12. The number of hydrogen-bond acceptors (Lipinski definition) is 0. The summed E-state index contributed by atoms with van der Waals surface area (Å²) in [5.74, 6) is -15.2. The molecule has 98 heavy (non-hydrogen) atoms. The molecule has 12 aromatic carbocycles. The molecule has 0 fully saturated rings. The zero-order chi connectivity index (χ0) is 69.8. The Morgan fingerprint density at radius 1 is 0.173 bits per heavy atom. The lowest BCUT2D eigenvalue weighted by molar-refractivity contribution is 0.447. The van der Waals surface area contributed by atoms with E-state index < -0.39 is 69.8 Å². The minimum atomic E-state index is -1.44. The zero-order valence-electron chi connectivity index (χ0n) is 54.7. The zero-order valence-corrected chi connectivity index (χ0v) is 54.7. The number of rotatable bonds is 18. The SMILES string of the molecule is CCCCCc1ccc(-c2ccc(-c3cc(F)c(F)c(F)c3)cc2)cc1.CCCCc1ccc(-c2ccc(-c3cc(F)c(F)c(F)c3)cc2)cc1.CCCc1ccc(-c2ccc(-c3cc(F)c(F)c(F)c3)cc2)cc1.CCc1ccc(-c2ccc(-c3cc(F)c(F)c(F)c3)cc2)cc1. The summed E-state index contributed by atoms with van der Waals surface area (Å²) in [5, 5.41) is 0. The summed E-state index contributed by atoms with van der Waals surface area (Å²) < 4.78 is 159. The van der Waals surface area contributed by atoms with Crippen molar-refractivity contribution in [1.29, 1.82) is 0 Å². The van der Waals surface area contributed by atoms with Crippen LogP contribution in [-0.2, 0) is 25.7 Å². The van der Waals surface area contributed by atoms with Gasteiger partial charge in [-0.25, -0.2) is 52.7 Å². The highest BCUT2D eigenvalue weighted by Crippen LogP contribution is 2.33. The van der Waals surface area contributed by atoms with Crippen LogP contribution in [0.5, 0.6) is 0 Å². The normalized spacial score (nSPS) is 10.9. The van der Waals surface area contributed by atoms with E-state index in [4.69, 9.17) is 0 Å². The fourth-order valence-corrected chi connectivity index (χ4v) is 11.1. The van der Waals surface area contributed by atoms with Crippen LogP contribution in [-0.4, -0.2) is 0 Å². The van der Waals surface area contributed by atoms with Crippen molar-refractivity contribution < 1.29 is 52.7 Å². The van der Waals surface area contributed by atoms with Crippen LogP contribution in [0.1, 0.15) is 88.5 Å². The monoisotopic (exact) mass is 1330 g/mol.